The van der Waals surface area contributed by atoms with Crippen molar-refractivity contribution in [3.8, 4) is 17.4 Å². The molecular weight excluding hydrogens is 689 g/mol. The molecule has 5 aliphatic rings. The fourth-order valence-corrected chi connectivity index (χ4v) is 8.04. The van der Waals surface area contributed by atoms with E-state index in [1.165, 1.54) is 49.2 Å². The highest BCUT2D eigenvalue weighted by Gasteiger charge is 2.54. The van der Waals surface area contributed by atoms with E-state index in [1.54, 1.807) is 11.9 Å². The standard InChI is InChI=1S/C32H36FN7O4.C6H13F2N/c33-23-2-3-27(22(10-23)14-41)44-30-29(35-21-36-37-30)40-17-31(18-40)11-24(12-31)43-28-4-6-34-26-5-9-38(13-25(26)28)7-1-8-39-15-32(16-39)19-42-20-32;1-5(2)9(3)4-6(7)8/h2-4,6,10,14,21,24H,1,5,7-9,11-13,15-20H2;5-6H,4H2,1-3H3. The highest BCUT2D eigenvalue weighted by molar-refractivity contribution is 5.79. The number of aldehydes is 1. The van der Waals surface area contributed by atoms with Crippen LogP contribution in [0, 0.1) is 16.6 Å². The SMILES string of the molecule is CC(C)N(C)CC(F)F.O=Cc1cc(F)ccc1Oc1nncnc1N1CC2(CC(Oc3ccnc4c3CN(CCCN3CC5(COC5)C3)CC4)C2)C1. The molecule has 2 spiro atoms. The number of halogens is 3. The van der Waals surface area contributed by atoms with Gasteiger partial charge in [0.2, 0.25) is 0 Å². The Kier molecular flexibility index (Phi) is 11.2. The number of carbonyl (C=O) groups is 1. The molecule has 4 aliphatic heterocycles. The molecule has 6 heterocycles. The van der Waals surface area contributed by atoms with Gasteiger partial charge in [-0.2, -0.15) is 0 Å². The third-order valence-corrected chi connectivity index (χ3v) is 11.2. The van der Waals surface area contributed by atoms with Gasteiger partial charge in [0, 0.05) is 80.0 Å². The third kappa shape index (κ3) is 8.58. The van der Waals surface area contributed by atoms with Crippen LogP contribution in [0.4, 0.5) is 19.0 Å². The first-order valence-corrected chi connectivity index (χ1v) is 18.5. The Morgan fingerprint density at radius 1 is 1.04 bits per heavy atom. The molecule has 1 aromatic carbocycles. The Morgan fingerprint density at radius 2 is 1.81 bits per heavy atom. The molecule has 53 heavy (non-hydrogen) atoms. The van der Waals surface area contributed by atoms with E-state index in [2.05, 4.69) is 34.9 Å². The molecule has 0 N–H and O–H groups in total. The summed E-state index contributed by atoms with van der Waals surface area (Å²) in [5.74, 6) is 1.43. The number of fused-ring (bicyclic) bond motifs is 1. The maximum Gasteiger partial charge on any atom is 0.282 e. The molecule has 4 fully saturated rings. The van der Waals surface area contributed by atoms with Crippen molar-refractivity contribution < 1.29 is 32.2 Å². The number of alkyl halides is 2. The summed E-state index contributed by atoms with van der Waals surface area (Å²) in [6.07, 6.45) is 5.86. The average Bonchev–Trinajstić information content (AvgIpc) is 3.06. The highest BCUT2D eigenvalue weighted by Crippen LogP contribution is 2.52. The monoisotopic (exact) mass is 738 g/mol. The maximum atomic E-state index is 13.6. The van der Waals surface area contributed by atoms with E-state index in [9.17, 15) is 18.0 Å². The van der Waals surface area contributed by atoms with Gasteiger partial charge in [0.05, 0.1) is 25.3 Å². The average molecular weight is 739 g/mol. The predicted molar refractivity (Wildman–Crippen MR) is 191 cm³/mol. The third-order valence-electron chi connectivity index (χ3n) is 11.2. The molecule has 0 radical (unpaired) electrons. The second kappa shape index (κ2) is 15.8. The molecule has 3 saturated heterocycles. The number of benzene rings is 1. The quantitative estimate of drug-likeness (QED) is 0.226. The molecule has 8 rings (SSSR count). The lowest BCUT2D eigenvalue weighted by atomic mass is 9.61. The van der Waals surface area contributed by atoms with Gasteiger partial charge >= 0.3 is 0 Å². The first kappa shape index (κ1) is 37.4. The second-order valence-corrected chi connectivity index (χ2v) is 15.7. The number of anilines is 1. The van der Waals surface area contributed by atoms with Crippen LogP contribution in [0.3, 0.4) is 0 Å². The van der Waals surface area contributed by atoms with Crippen molar-refractivity contribution in [2.75, 3.05) is 77.5 Å². The van der Waals surface area contributed by atoms with Crippen LogP contribution in [-0.2, 0) is 17.7 Å². The van der Waals surface area contributed by atoms with Crippen molar-refractivity contribution in [2.45, 2.75) is 64.6 Å². The summed E-state index contributed by atoms with van der Waals surface area (Å²) in [4.78, 5) is 29.3. The van der Waals surface area contributed by atoms with Gasteiger partial charge in [-0.3, -0.25) is 19.6 Å². The Bertz CT molecular complexity index is 1730. The van der Waals surface area contributed by atoms with Crippen molar-refractivity contribution >= 4 is 12.1 Å². The van der Waals surface area contributed by atoms with Crippen molar-refractivity contribution in [3.63, 3.8) is 0 Å². The highest BCUT2D eigenvalue weighted by atomic mass is 19.3. The molecule has 1 aliphatic carbocycles. The minimum absolute atomic E-state index is 0.103. The first-order chi connectivity index (χ1) is 25.5. The van der Waals surface area contributed by atoms with E-state index < -0.39 is 12.2 Å². The minimum atomic E-state index is -2.21. The largest absolute Gasteiger partial charge is 0.490 e. The van der Waals surface area contributed by atoms with Crippen molar-refractivity contribution in [1.82, 2.24) is 34.9 Å². The van der Waals surface area contributed by atoms with Gasteiger partial charge in [-0.05, 0) is 77.5 Å². The Hall–Kier alpha value is -3.92. The zero-order valence-corrected chi connectivity index (χ0v) is 30.7. The first-order valence-electron chi connectivity index (χ1n) is 18.5. The van der Waals surface area contributed by atoms with Crippen LogP contribution in [0.5, 0.6) is 17.4 Å². The number of hydrogen-bond donors (Lipinski definition) is 0. The van der Waals surface area contributed by atoms with Gasteiger partial charge in [-0.25, -0.2) is 18.2 Å². The van der Waals surface area contributed by atoms with E-state index >= 15 is 0 Å². The molecule has 0 atom stereocenters. The van der Waals surface area contributed by atoms with Crippen LogP contribution in [0.25, 0.3) is 0 Å². The Morgan fingerprint density at radius 3 is 2.49 bits per heavy atom. The minimum Gasteiger partial charge on any atom is -0.490 e. The summed E-state index contributed by atoms with van der Waals surface area (Å²) in [6, 6.07) is 6.02. The molecule has 286 valence electrons. The Labute approximate surface area is 308 Å². The summed E-state index contributed by atoms with van der Waals surface area (Å²) in [6.45, 7) is 13.7. The van der Waals surface area contributed by atoms with Crippen molar-refractivity contribution in [2.24, 2.45) is 10.8 Å². The van der Waals surface area contributed by atoms with Gasteiger partial charge in [-0.1, -0.05) is 0 Å². The molecule has 15 heteroatoms. The van der Waals surface area contributed by atoms with E-state index in [-0.39, 0.29) is 41.3 Å². The zero-order valence-electron chi connectivity index (χ0n) is 30.7. The molecule has 12 nitrogen and oxygen atoms in total. The summed E-state index contributed by atoms with van der Waals surface area (Å²) in [5, 5.41) is 7.96. The molecular formula is C38H49F3N8O4. The number of hydrogen-bond acceptors (Lipinski definition) is 12. The molecule has 0 bridgehead atoms. The topological polar surface area (TPSA) is 109 Å². The summed E-state index contributed by atoms with van der Waals surface area (Å²) in [7, 11) is 1.69. The van der Waals surface area contributed by atoms with Gasteiger partial charge in [0.25, 0.3) is 12.3 Å². The fourth-order valence-electron chi connectivity index (χ4n) is 8.04. The van der Waals surface area contributed by atoms with E-state index in [1.807, 2.05) is 26.1 Å². The number of aromatic nitrogens is 4. The number of likely N-dealkylation sites (tertiary alicyclic amines) is 1. The van der Waals surface area contributed by atoms with Crippen molar-refractivity contribution in [3.05, 3.63) is 59.4 Å². The van der Waals surface area contributed by atoms with Gasteiger partial charge < -0.3 is 24.0 Å². The van der Waals surface area contributed by atoms with Gasteiger partial charge in [0.1, 0.15) is 29.7 Å². The van der Waals surface area contributed by atoms with Crippen LogP contribution in [0.2, 0.25) is 0 Å². The summed E-state index contributed by atoms with van der Waals surface area (Å²) in [5.41, 5.74) is 3.16. The number of carbonyl (C=O) groups excluding carboxylic acids is 1. The normalized spacial score (nSPS) is 20.3. The lowest BCUT2D eigenvalue weighted by Crippen LogP contribution is -2.65. The van der Waals surface area contributed by atoms with Crippen LogP contribution < -0.4 is 14.4 Å². The van der Waals surface area contributed by atoms with E-state index in [0.717, 1.165) is 83.6 Å². The lowest BCUT2D eigenvalue weighted by Gasteiger charge is -2.58. The van der Waals surface area contributed by atoms with Crippen LogP contribution in [-0.4, -0.2) is 132 Å². The zero-order chi connectivity index (χ0) is 37.2. The smallest absolute Gasteiger partial charge is 0.282 e. The molecule has 1 saturated carbocycles. The fraction of sp³-hybridized carbons (Fsp3) is 0.605. The molecule has 0 amide bonds. The van der Waals surface area contributed by atoms with Crippen LogP contribution in [0.1, 0.15) is 54.7 Å². The maximum absolute atomic E-state index is 13.6. The van der Waals surface area contributed by atoms with E-state index in [0.29, 0.717) is 17.5 Å². The summed E-state index contributed by atoms with van der Waals surface area (Å²) < 4.78 is 54.6. The number of ether oxygens (including phenoxy) is 3. The van der Waals surface area contributed by atoms with Gasteiger partial charge in [0.15, 0.2) is 12.1 Å². The molecule has 0 unspecified atom stereocenters. The van der Waals surface area contributed by atoms with E-state index in [4.69, 9.17) is 14.2 Å². The number of rotatable bonds is 13. The predicted octanol–water partition coefficient (Wildman–Crippen LogP) is 4.73. The number of pyridine rings is 1. The second-order valence-electron chi connectivity index (χ2n) is 15.7. The molecule has 3 aromatic rings. The summed E-state index contributed by atoms with van der Waals surface area (Å²) >= 11 is 0. The molecule has 2 aromatic heterocycles. The number of nitrogens with zero attached hydrogens (tertiary/aromatic N) is 8. The van der Waals surface area contributed by atoms with Crippen molar-refractivity contribution in [1.29, 1.82) is 0 Å². The van der Waals surface area contributed by atoms with Crippen LogP contribution >= 0.6 is 0 Å². The Balaban J connectivity index is 0.000000431. The van der Waals surface area contributed by atoms with Crippen LogP contribution in [0.15, 0.2) is 36.8 Å². The van der Waals surface area contributed by atoms with Gasteiger partial charge in [-0.15, -0.1) is 10.2 Å². The lowest BCUT2D eigenvalue weighted by molar-refractivity contribution is -0.188.